The molecule has 2 aromatic rings. The Labute approximate surface area is 86.1 Å². The van der Waals surface area contributed by atoms with Gasteiger partial charge in [0.25, 0.3) is 0 Å². The van der Waals surface area contributed by atoms with Crippen LogP contribution >= 0.6 is 0 Å². The smallest absolute Gasteiger partial charge is 0.242 e. The topological polar surface area (TPSA) is 69.1 Å². The summed E-state index contributed by atoms with van der Waals surface area (Å²) in [7, 11) is 0. The first-order chi connectivity index (χ1) is 7.13. The summed E-state index contributed by atoms with van der Waals surface area (Å²) >= 11 is 0. The van der Waals surface area contributed by atoms with E-state index in [9.17, 15) is 4.39 Å². The summed E-state index contributed by atoms with van der Waals surface area (Å²) in [5, 5.41) is 3.95. The molecule has 2 heterocycles. The van der Waals surface area contributed by atoms with Crippen molar-refractivity contribution in [3.8, 4) is 0 Å². The van der Waals surface area contributed by atoms with Gasteiger partial charge < -0.3 is 5.73 Å². The lowest BCUT2D eigenvalue weighted by Gasteiger charge is -2.05. The first-order valence-corrected chi connectivity index (χ1v) is 4.80. The van der Waals surface area contributed by atoms with Gasteiger partial charge in [0.2, 0.25) is 11.9 Å². The Morgan fingerprint density at radius 3 is 3.00 bits per heavy atom. The second-order valence-electron chi connectivity index (χ2n) is 3.48. The third kappa shape index (κ3) is 1.51. The standard InChI is InChI=1S/C9H12FN5/c1-3-5(2)8-13-7(10)6-4-12-9(11)14-15(6)8/h4-5H,3H2,1-2H3,(H2,11,14). The van der Waals surface area contributed by atoms with E-state index >= 15 is 0 Å². The molecule has 80 valence electrons. The predicted octanol–water partition coefficient (Wildman–Crippen LogP) is 1.36. The molecule has 0 aliphatic carbocycles. The molecule has 1 atom stereocenters. The van der Waals surface area contributed by atoms with E-state index in [1.54, 1.807) is 0 Å². The minimum Gasteiger partial charge on any atom is -0.367 e. The molecule has 0 aromatic carbocycles. The van der Waals surface area contributed by atoms with Gasteiger partial charge in [0.1, 0.15) is 11.3 Å². The van der Waals surface area contributed by atoms with E-state index in [0.717, 1.165) is 6.42 Å². The first-order valence-electron chi connectivity index (χ1n) is 4.80. The number of anilines is 1. The van der Waals surface area contributed by atoms with E-state index in [4.69, 9.17) is 5.73 Å². The Balaban J connectivity index is 2.69. The molecular formula is C9H12FN5. The lowest BCUT2D eigenvalue weighted by atomic mass is 10.1. The molecule has 0 spiro atoms. The Morgan fingerprint density at radius 2 is 2.33 bits per heavy atom. The van der Waals surface area contributed by atoms with E-state index in [-0.39, 0.29) is 17.4 Å². The molecule has 0 aliphatic heterocycles. The number of imidazole rings is 1. The Bertz CT molecular complexity index is 492. The molecule has 15 heavy (non-hydrogen) atoms. The van der Waals surface area contributed by atoms with Gasteiger partial charge in [-0.15, -0.1) is 5.10 Å². The molecule has 0 bridgehead atoms. The van der Waals surface area contributed by atoms with Gasteiger partial charge >= 0.3 is 0 Å². The summed E-state index contributed by atoms with van der Waals surface area (Å²) in [6.07, 6.45) is 2.21. The molecule has 0 aliphatic rings. The quantitative estimate of drug-likeness (QED) is 0.810. The van der Waals surface area contributed by atoms with Gasteiger partial charge in [-0.2, -0.15) is 4.39 Å². The number of fused-ring (bicyclic) bond motifs is 1. The fraction of sp³-hybridized carbons (Fsp3) is 0.444. The normalized spacial score (nSPS) is 13.3. The van der Waals surface area contributed by atoms with Crippen LogP contribution in [0.3, 0.4) is 0 Å². The Morgan fingerprint density at radius 1 is 1.60 bits per heavy atom. The second kappa shape index (κ2) is 3.45. The van der Waals surface area contributed by atoms with Crippen LogP contribution in [0.5, 0.6) is 0 Å². The van der Waals surface area contributed by atoms with E-state index in [2.05, 4.69) is 15.1 Å². The number of nitrogens with two attached hydrogens (primary N) is 1. The summed E-state index contributed by atoms with van der Waals surface area (Å²) in [6, 6.07) is 0. The van der Waals surface area contributed by atoms with E-state index in [1.165, 1.54) is 10.7 Å². The number of rotatable bonds is 2. The molecule has 1 unspecified atom stereocenters. The minimum absolute atomic E-state index is 0.115. The zero-order valence-corrected chi connectivity index (χ0v) is 8.61. The third-order valence-electron chi connectivity index (χ3n) is 2.44. The summed E-state index contributed by atoms with van der Waals surface area (Å²) in [4.78, 5) is 7.57. The molecule has 0 saturated carbocycles. The first kappa shape index (κ1) is 9.82. The predicted molar refractivity (Wildman–Crippen MR) is 53.9 cm³/mol. The second-order valence-corrected chi connectivity index (χ2v) is 3.48. The molecule has 6 heteroatoms. The van der Waals surface area contributed by atoms with Crippen LogP contribution in [0.25, 0.3) is 5.52 Å². The van der Waals surface area contributed by atoms with Crippen LogP contribution in [0, 0.1) is 5.95 Å². The number of hydrogen-bond acceptors (Lipinski definition) is 4. The number of hydrogen-bond donors (Lipinski definition) is 1. The van der Waals surface area contributed by atoms with Crippen LogP contribution in [-0.2, 0) is 0 Å². The lowest BCUT2D eigenvalue weighted by Crippen LogP contribution is -2.06. The minimum atomic E-state index is -0.551. The fourth-order valence-electron chi connectivity index (χ4n) is 1.39. The molecule has 2 N–H and O–H groups in total. The molecule has 2 aromatic heterocycles. The van der Waals surface area contributed by atoms with Crippen molar-refractivity contribution in [1.82, 2.24) is 19.6 Å². The number of nitrogens with zero attached hydrogens (tertiary/aromatic N) is 4. The van der Waals surface area contributed by atoms with Crippen molar-refractivity contribution in [2.45, 2.75) is 26.2 Å². The Kier molecular flexibility index (Phi) is 2.26. The lowest BCUT2D eigenvalue weighted by molar-refractivity contribution is 0.585. The number of nitrogen functional groups attached to an aromatic ring is 1. The maximum Gasteiger partial charge on any atom is 0.242 e. The van der Waals surface area contributed by atoms with Crippen LogP contribution in [0.2, 0.25) is 0 Å². The van der Waals surface area contributed by atoms with Gasteiger partial charge in [0.05, 0.1) is 6.20 Å². The molecule has 0 saturated heterocycles. The highest BCUT2D eigenvalue weighted by Gasteiger charge is 2.16. The van der Waals surface area contributed by atoms with E-state index in [1.807, 2.05) is 13.8 Å². The van der Waals surface area contributed by atoms with Crippen molar-refractivity contribution < 1.29 is 4.39 Å². The average molecular weight is 209 g/mol. The van der Waals surface area contributed by atoms with E-state index in [0.29, 0.717) is 5.82 Å². The van der Waals surface area contributed by atoms with Crippen LogP contribution in [0.4, 0.5) is 10.3 Å². The van der Waals surface area contributed by atoms with Gasteiger partial charge in [-0.05, 0) is 6.42 Å². The van der Waals surface area contributed by atoms with Crippen molar-refractivity contribution in [2.75, 3.05) is 5.73 Å². The highest BCUT2D eigenvalue weighted by molar-refractivity contribution is 5.45. The molecule has 5 nitrogen and oxygen atoms in total. The van der Waals surface area contributed by atoms with Gasteiger partial charge in [-0.3, -0.25) is 0 Å². The number of aromatic nitrogens is 4. The van der Waals surface area contributed by atoms with E-state index < -0.39 is 5.95 Å². The summed E-state index contributed by atoms with van der Waals surface area (Å²) < 4.78 is 14.8. The van der Waals surface area contributed by atoms with Crippen molar-refractivity contribution >= 4 is 11.5 Å². The molecule has 0 amide bonds. The van der Waals surface area contributed by atoms with Gasteiger partial charge in [0, 0.05) is 5.92 Å². The zero-order chi connectivity index (χ0) is 11.0. The summed E-state index contributed by atoms with van der Waals surface area (Å²) in [5.41, 5.74) is 5.71. The highest BCUT2D eigenvalue weighted by atomic mass is 19.1. The van der Waals surface area contributed by atoms with Crippen LogP contribution < -0.4 is 5.73 Å². The SMILES string of the molecule is CCC(C)c1nc(F)c2cnc(N)nn12. The fourth-order valence-corrected chi connectivity index (χ4v) is 1.39. The maximum atomic E-state index is 13.4. The Hall–Kier alpha value is -1.72. The van der Waals surface area contributed by atoms with Crippen LogP contribution in [0.1, 0.15) is 32.0 Å². The van der Waals surface area contributed by atoms with Crippen molar-refractivity contribution in [3.63, 3.8) is 0 Å². The molecular weight excluding hydrogens is 197 g/mol. The summed E-state index contributed by atoms with van der Waals surface area (Å²) in [6.45, 7) is 3.97. The number of halogens is 1. The highest BCUT2D eigenvalue weighted by Crippen LogP contribution is 2.19. The van der Waals surface area contributed by atoms with Crippen LogP contribution in [-0.4, -0.2) is 19.6 Å². The molecule has 0 radical (unpaired) electrons. The molecule has 2 rings (SSSR count). The van der Waals surface area contributed by atoms with Gasteiger partial charge in [-0.1, -0.05) is 13.8 Å². The largest absolute Gasteiger partial charge is 0.367 e. The van der Waals surface area contributed by atoms with Gasteiger partial charge in [0.15, 0.2) is 0 Å². The molecule has 0 fully saturated rings. The maximum absolute atomic E-state index is 13.4. The van der Waals surface area contributed by atoms with Crippen molar-refractivity contribution in [2.24, 2.45) is 0 Å². The zero-order valence-electron chi connectivity index (χ0n) is 8.61. The third-order valence-corrected chi connectivity index (χ3v) is 2.44. The van der Waals surface area contributed by atoms with Crippen molar-refractivity contribution in [1.29, 1.82) is 0 Å². The van der Waals surface area contributed by atoms with Crippen LogP contribution in [0.15, 0.2) is 6.20 Å². The van der Waals surface area contributed by atoms with Crippen molar-refractivity contribution in [3.05, 3.63) is 18.0 Å². The average Bonchev–Trinajstić information content (AvgIpc) is 2.54. The monoisotopic (exact) mass is 209 g/mol. The summed E-state index contributed by atoms with van der Waals surface area (Å²) in [5.74, 6) is 0.283. The van der Waals surface area contributed by atoms with Gasteiger partial charge in [-0.25, -0.2) is 14.5 Å².